The Labute approximate surface area is 203 Å². The molecule has 0 aliphatic carbocycles. The first kappa shape index (κ1) is 25.6. The summed E-state index contributed by atoms with van der Waals surface area (Å²) in [6.45, 7) is 16.8. The van der Waals surface area contributed by atoms with Crippen LogP contribution in [0.25, 0.3) is 0 Å². The molecule has 2 aromatic carbocycles. The molecule has 0 fully saturated rings. The van der Waals surface area contributed by atoms with E-state index in [1.54, 1.807) is 0 Å². The van der Waals surface area contributed by atoms with Gasteiger partial charge in [0, 0.05) is 13.0 Å². The number of nitrogens with zero attached hydrogens (tertiary/aromatic N) is 2. The molecule has 0 radical (unpaired) electrons. The van der Waals surface area contributed by atoms with Gasteiger partial charge in [-0.2, -0.15) is 0 Å². The molecule has 1 heterocycles. The number of benzene rings is 2. The second-order valence-corrected chi connectivity index (χ2v) is 15.3. The second-order valence-electron chi connectivity index (χ2n) is 10.1. The van der Waals surface area contributed by atoms with Crippen molar-refractivity contribution in [1.82, 2.24) is 5.53 Å². The van der Waals surface area contributed by atoms with Crippen LogP contribution in [0.5, 0.6) is 0 Å². The second kappa shape index (κ2) is 9.66. The first-order chi connectivity index (χ1) is 15.4. The lowest BCUT2D eigenvalue weighted by Gasteiger charge is -2.36. The summed E-state index contributed by atoms with van der Waals surface area (Å²) in [5.74, 6) is -0.832. The number of fused-ring (bicyclic) bond motifs is 1. The minimum atomic E-state index is -1.88. The first-order valence-electron chi connectivity index (χ1n) is 11.5. The quantitative estimate of drug-likeness (QED) is 0.408. The van der Waals surface area contributed by atoms with Crippen molar-refractivity contribution in [2.75, 3.05) is 16.6 Å². The molecule has 0 saturated carbocycles. The number of carboxylic acid groups (broad SMARTS) is 1. The van der Waals surface area contributed by atoms with Crippen LogP contribution in [0, 0.1) is 6.92 Å². The maximum Gasteiger partial charge on any atom is 0.303 e. The summed E-state index contributed by atoms with van der Waals surface area (Å²) in [6, 6.07) is 10.3. The third-order valence-corrected chi connectivity index (χ3v) is 11.7. The number of halogens is 1. The van der Waals surface area contributed by atoms with Crippen LogP contribution in [-0.2, 0) is 22.2 Å². The van der Waals surface area contributed by atoms with Crippen LogP contribution in [0.4, 0.5) is 17.1 Å². The molecule has 0 saturated heterocycles. The highest BCUT2D eigenvalue weighted by Crippen LogP contribution is 2.45. The molecule has 180 valence electrons. The fourth-order valence-electron chi connectivity index (χ4n) is 3.54. The maximum absolute atomic E-state index is 11.1. The van der Waals surface area contributed by atoms with E-state index < -0.39 is 14.3 Å². The molecule has 0 bridgehead atoms. The van der Waals surface area contributed by atoms with Crippen LogP contribution in [-0.4, -0.2) is 25.9 Å². The molecule has 33 heavy (non-hydrogen) atoms. The molecule has 0 aromatic heterocycles. The number of carboxylic acids is 1. The van der Waals surface area contributed by atoms with Crippen molar-refractivity contribution in [2.45, 2.75) is 72.2 Å². The van der Waals surface area contributed by atoms with Crippen molar-refractivity contribution in [3.63, 3.8) is 0 Å². The monoisotopic (exact) mass is 489 g/mol. The summed E-state index contributed by atoms with van der Waals surface area (Å²) in [5, 5.41) is 13.9. The number of rotatable bonds is 8. The fraction of sp³-hybridized carbons (Fsp3) is 0.480. The van der Waals surface area contributed by atoms with Crippen molar-refractivity contribution in [1.29, 1.82) is 0 Å². The van der Waals surface area contributed by atoms with E-state index in [0.29, 0.717) is 18.1 Å². The molecule has 0 amide bonds. The van der Waals surface area contributed by atoms with Crippen LogP contribution in [0.1, 0.15) is 50.8 Å². The van der Waals surface area contributed by atoms with E-state index >= 15 is 0 Å². The van der Waals surface area contributed by atoms with Crippen LogP contribution in [0.15, 0.2) is 30.3 Å². The average Bonchev–Trinajstić information content (AvgIpc) is 3.11. The smallest absolute Gasteiger partial charge is 0.303 e. The van der Waals surface area contributed by atoms with Crippen molar-refractivity contribution < 1.29 is 14.3 Å². The standard InChI is InChI=1S/C25H36ClN3O3Si/c1-8-28-21-13-10-18(11-14-22(30)31)23(26)24(21)29(27-28)20-12-9-17(2)19(15-20)16-32-33(6,7)25(3,4)5/h9-10,12-13,15,27H,8,11,14,16H2,1-7H3,(H,30,31). The highest BCUT2D eigenvalue weighted by molar-refractivity contribution is 6.74. The van der Waals surface area contributed by atoms with E-state index in [-0.39, 0.29) is 11.5 Å². The van der Waals surface area contributed by atoms with Gasteiger partial charge in [0.05, 0.1) is 23.0 Å². The summed E-state index contributed by atoms with van der Waals surface area (Å²) < 4.78 is 6.50. The predicted molar refractivity (Wildman–Crippen MR) is 139 cm³/mol. The Morgan fingerprint density at radius 1 is 1.18 bits per heavy atom. The normalized spacial score (nSPS) is 14.1. The average molecular weight is 490 g/mol. The van der Waals surface area contributed by atoms with Gasteiger partial charge in [-0.3, -0.25) is 14.8 Å². The van der Waals surface area contributed by atoms with E-state index in [4.69, 9.17) is 21.1 Å². The van der Waals surface area contributed by atoms with Gasteiger partial charge < -0.3 is 9.53 Å². The van der Waals surface area contributed by atoms with Gasteiger partial charge in [0.15, 0.2) is 8.32 Å². The summed E-state index contributed by atoms with van der Waals surface area (Å²) in [6.07, 6.45) is 0.434. The zero-order chi connectivity index (χ0) is 24.6. The molecule has 0 unspecified atom stereocenters. The van der Waals surface area contributed by atoms with Gasteiger partial charge in [-0.25, -0.2) is 0 Å². The van der Waals surface area contributed by atoms with Crippen molar-refractivity contribution in [3.8, 4) is 0 Å². The molecule has 0 atom stereocenters. The maximum atomic E-state index is 11.1. The van der Waals surface area contributed by atoms with E-state index in [9.17, 15) is 4.79 Å². The van der Waals surface area contributed by atoms with Gasteiger partial charge in [0.1, 0.15) is 5.69 Å². The zero-order valence-corrected chi connectivity index (χ0v) is 22.5. The molecular weight excluding hydrogens is 454 g/mol. The fourth-order valence-corrected chi connectivity index (χ4v) is 4.83. The Bertz CT molecular complexity index is 1040. The molecule has 1 aliphatic rings. The van der Waals surface area contributed by atoms with Gasteiger partial charge in [-0.05, 0) is 73.3 Å². The Balaban J connectivity index is 1.95. The summed E-state index contributed by atoms with van der Waals surface area (Å²) in [5.41, 5.74) is 9.38. The lowest BCUT2D eigenvalue weighted by Crippen LogP contribution is -2.41. The van der Waals surface area contributed by atoms with Crippen LogP contribution in [0.2, 0.25) is 23.2 Å². The van der Waals surface area contributed by atoms with Crippen molar-refractivity contribution in [3.05, 3.63) is 52.0 Å². The van der Waals surface area contributed by atoms with E-state index in [1.807, 2.05) is 22.2 Å². The molecule has 6 nitrogen and oxygen atoms in total. The van der Waals surface area contributed by atoms with Gasteiger partial charge in [-0.15, -0.1) is 5.53 Å². The zero-order valence-electron chi connectivity index (χ0n) is 20.8. The number of hydrogen-bond acceptors (Lipinski definition) is 5. The van der Waals surface area contributed by atoms with E-state index in [1.165, 1.54) is 5.56 Å². The number of carbonyl (C=O) groups is 1. The molecule has 8 heteroatoms. The number of hydrazine groups is 2. The van der Waals surface area contributed by atoms with Gasteiger partial charge in [0.2, 0.25) is 0 Å². The third kappa shape index (κ3) is 5.37. The van der Waals surface area contributed by atoms with Gasteiger partial charge >= 0.3 is 5.97 Å². The largest absolute Gasteiger partial charge is 0.481 e. The van der Waals surface area contributed by atoms with Crippen LogP contribution in [0.3, 0.4) is 0 Å². The minimum Gasteiger partial charge on any atom is -0.481 e. The number of anilines is 3. The number of nitrogens with one attached hydrogen (secondary N) is 1. The van der Waals surface area contributed by atoms with E-state index in [0.717, 1.165) is 34.7 Å². The Morgan fingerprint density at radius 2 is 1.88 bits per heavy atom. The predicted octanol–water partition coefficient (Wildman–Crippen LogP) is 6.59. The highest BCUT2D eigenvalue weighted by Gasteiger charge is 2.37. The Kier molecular flexibility index (Phi) is 7.48. The number of hydrogen-bond donors (Lipinski definition) is 2. The molecule has 3 rings (SSSR count). The minimum absolute atomic E-state index is 0.0445. The Hall–Kier alpha value is -2.06. The van der Waals surface area contributed by atoms with Crippen molar-refractivity contribution >= 4 is 42.9 Å². The van der Waals surface area contributed by atoms with Crippen LogP contribution >= 0.6 is 11.6 Å². The first-order valence-corrected chi connectivity index (χ1v) is 14.7. The van der Waals surface area contributed by atoms with Gasteiger partial charge in [0.25, 0.3) is 0 Å². The third-order valence-electron chi connectivity index (χ3n) is 6.82. The topological polar surface area (TPSA) is 65.0 Å². The number of aliphatic carboxylic acids is 1. The van der Waals surface area contributed by atoms with Crippen LogP contribution < -0.4 is 15.6 Å². The molecule has 2 aromatic rings. The molecular formula is C25H36ClN3O3Si. The molecule has 0 spiro atoms. The summed E-state index contributed by atoms with van der Waals surface area (Å²) in [4.78, 5) is 11.1. The number of aryl methyl sites for hydroxylation is 2. The summed E-state index contributed by atoms with van der Waals surface area (Å²) in [7, 11) is -1.88. The van der Waals surface area contributed by atoms with Crippen molar-refractivity contribution in [2.24, 2.45) is 0 Å². The lowest BCUT2D eigenvalue weighted by atomic mass is 10.1. The summed E-state index contributed by atoms with van der Waals surface area (Å²) >= 11 is 6.83. The highest BCUT2D eigenvalue weighted by atomic mass is 35.5. The molecule has 1 aliphatic heterocycles. The molecule has 2 N–H and O–H groups in total. The SMILES string of the molecule is CCN1NN(c2ccc(C)c(CO[Si](C)(C)C(C)(C)C)c2)c2c1ccc(CCC(=O)O)c2Cl. The van der Waals surface area contributed by atoms with Gasteiger partial charge in [-0.1, -0.05) is 44.5 Å². The lowest BCUT2D eigenvalue weighted by molar-refractivity contribution is -0.136. The Morgan fingerprint density at radius 3 is 2.48 bits per heavy atom. The van der Waals surface area contributed by atoms with E-state index in [2.05, 4.69) is 71.4 Å².